The van der Waals surface area contributed by atoms with Gasteiger partial charge in [0.2, 0.25) is 0 Å². The predicted octanol–water partition coefficient (Wildman–Crippen LogP) is 6.37. The number of nitrogens with zero attached hydrogens (tertiary/aromatic N) is 1. The van der Waals surface area contributed by atoms with E-state index in [0.717, 1.165) is 20.9 Å². The van der Waals surface area contributed by atoms with Crippen molar-refractivity contribution in [3.63, 3.8) is 0 Å². The Morgan fingerprint density at radius 2 is 1.93 bits per heavy atom. The molecule has 1 fully saturated rings. The fourth-order valence-electron chi connectivity index (χ4n) is 2.89. The molecule has 5 nitrogen and oxygen atoms in total. The van der Waals surface area contributed by atoms with E-state index in [1.807, 2.05) is 38.1 Å². The first-order chi connectivity index (χ1) is 14.3. The second-order valence-corrected chi connectivity index (χ2v) is 9.40. The van der Waals surface area contributed by atoms with Crippen LogP contribution in [0, 0.1) is 3.57 Å². The Balaban J connectivity index is 1.83. The highest BCUT2D eigenvalue weighted by Gasteiger charge is 2.37. The van der Waals surface area contributed by atoms with E-state index in [1.54, 1.807) is 18.2 Å². The molecule has 1 saturated heterocycles. The van der Waals surface area contributed by atoms with E-state index in [-0.39, 0.29) is 17.2 Å². The van der Waals surface area contributed by atoms with Gasteiger partial charge in [0.15, 0.2) is 11.5 Å². The summed E-state index contributed by atoms with van der Waals surface area (Å²) in [6.45, 7) is 4.15. The van der Waals surface area contributed by atoms with Crippen molar-refractivity contribution >= 4 is 63.2 Å². The molecule has 0 aromatic heterocycles. The highest BCUT2D eigenvalue weighted by atomic mass is 127. The summed E-state index contributed by atoms with van der Waals surface area (Å²) in [4.78, 5) is 26.5. The minimum Gasteiger partial charge on any atom is -0.493 e. The van der Waals surface area contributed by atoms with E-state index in [0.29, 0.717) is 40.0 Å². The van der Waals surface area contributed by atoms with Crippen LogP contribution in [0.25, 0.3) is 6.08 Å². The molecule has 0 unspecified atom stereocenters. The maximum atomic E-state index is 12.6. The summed E-state index contributed by atoms with van der Waals surface area (Å²) in [5.41, 5.74) is 1.67. The molecule has 0 bridgehead atoms. The van der Waals surface area contributed by atoms with Gasteiger partial charge in [-0.1, -0.05) is 30.7 Å². The molecule has 0 N–H and O–H groups in total. The van der Waals surface area contributed by atoms with Crippen molar-refractivity contribution in [1.82, 2.24) is 4.90 Å². The van der Waals surface area contributed by atoms with Crippen LogP contribution < -0.4 is 9.47 Å². The largest absolute Gasteiger partial charge is 0.493 e. The van der Waals surface area contributed by atoms with Gasteiger partial charge >= 0.3 is 0 Å². The first-order valence-corrected chi connectivity index (χ1v) is 11.6. The third-order valence-electron chi connectivity index (χ3n) is 4.70. The van der Waals surface area contributed by atoms with Crippen molar-refractivity contribution in [3.05, 3.63) is 61.0 Å². The molecule has 1 heterocycles. The number of hydrogen-bond acceptors (Lipinski definition) is 5. The van der Waals surface area contributed by atoms with E-state index in [4.69, 9.17) is 21.1 Å². The lowest BCUT2D eigenvalue weighted by molar-refractivity contribution is -0.124. The van der Waals surface area contributed by atoms with E-state index >= 15 is 0 Å². The molecule has 8 heteroatoms. The summed E-state index contributed by atoms with van der Waals surface area (Å²) in [5, 5.41) is 0.114. The molecular formula is C22H21ClINO4S. The van der Waals surface area contributed by atoms with Crippen molar-refractivity contribution in [2.24, 2.45) is 0 Å². The quantitative estimate of drug-likeness (QED) is 0.293. The van der Waals surface area contributed by atoms with Gasteiger partial charge < -0.3 is 9.47 Å². The molecule has 1 aliphatic heterocycles. The second kappa shape index (κ2) is 10.1. The zero-order valence-electron chi connectivity index (χ0n) is 16.8. The summed E-state index contributed by atoms with van der Waals surface area (Å²) in [5.74, 6) is 0.608. The average molecular weight is 558 g/mol. The van der Waals surface area contributed by atoms with Gasteiger partial charge in [-0.2, -0.15) is 0 Å². The molecule has 0 radical (unpaired) electrons. The van der Waals surface area contributed by atoms with E-state index in [2.05, 4.69) is 22.6 Å². The third kappa shape index (κ3) is 5.12. The van der Waals surface area contributed by atoms with Gasteiger partial charge in [0.25, 0.3) is 11.1 Å². The maximum Gasteiger partial charge on any atom is 0.293 e. The van der Waals surface area contributed by atoms with Crippen LogP contribution in [-0.2, 0) is 11.4 Å². The minimum atomic E-state index is -0.284. The van der Waals surface area contributed by atoms with Gasteiger partial charge in [-0.15, -0.1) is 0 Å². The summed E-state index contributed by atoms with van der Waals surface area (Å²) in [6.07, 6.45) is 2.36. The zero-order valence-corrected chi connectivity index (χ0v) is 20.5. The van der Waals surface area contributed by atoms with Crippen LogP contribution in [-0.4, -0.2) is 29.2 Å². The lowest BCUT2D eigenvalue weighted by atomic mass is 10.1. The molecule has 158 valence electrons. The van der Waals surface area contributed by atoms with Gasteiger partial charge in [0.05, 0.1) is 17.0 Å². The number of methoxy groups -OCH3 is 1. The number of carbonyl (C=O) groups is 2. The molecule has 0 saturated carbocycles. The maximum absolute atomic E-state index is 12.6. The topological polar surface area (TPSA) is 55.8 Å². The highest BCUT2D eigenvalue weighted by molar-refractivity contribution is 14.1. The van der Waals surface area contributed by atoms with Crippen molar-refractivity contribution in [1.29, 1.82) is 0 Å². The number of benzene rings is 2. The van der Waals surface area contributed by atoms with Gasteiger partial charge in [-0.3, -0.25) is 14.5 Å². The number of halogens is 2. The van der Waals surface area contributed by atoms with Crippen molar-refractivity contribution in [2.75, 3.05) is 7.11 Å². The van der Waals surface area contributed by atoms with Crippen LogP contribution in [0.3, 0.4) is 0 Å². The monoisotopic (exact) mass is 557 g/mol. The third-order valence-corrected chi connectivity index (χ3v) is 6.58. The Hall–Kier alpha value is -1.71. The van der Waals surface area contributed by atoms with Crippen molar-refractivity contribution < 1.29 is 19.1 Å². The molecule has 0 spiro atoms. The Kier molecular flexibility index (Phi) is 7.70. The summed E-state index contributed by atoms with van der Waals surface area (Å²) < 4.78 is 12.5. The lowest BCUT2D eigenvalue weighted by Crippen LogP contribution is -2.36. The number of amides is 2. The number of rotatable bonds is 7. The normalized spacial score (nSPS) is 16.3. The molecule has 0 aliphatic carbocycles. The van der Waals surface area contributed by atoms with E-state index in [1.165, 1.54) is 12.0 Å². The number of ether oxygens (including phenoxy) is 2. The molecule has 2 aromatic rings. The average Bonchev–Trinajstić information content (AvgIpc) is 3.00. The Morgan fingerprint density at radius 1 is 1.23 bits per heavy atom. The Morgan fingerprint density at radius 3 is 2.57 bits per heavy atom. The van der Waals surface area contributed by atoms with Gasteiger partial charge in [0.1, 0.15) is 6.61 Å². The molecule has 2 amide bonds. The van der Waals surface area contributed by atoms with Gasteiger partial charge in [-0.25, -0.2) is 0 Å². The van der Waals surface area contributed by atoms with Crippen molar-refractivity contribution in [2.45, 2.75) is 32.9 Å². The summed E-state index contributed by atoms with van der Waals surface area (Å²) in [6, 6.07) is 11.3. The van der Waals surface area contributed by atoms with Crippen LogP contribution >= 0.6 is 46.0 Å². The number of carbonyl (C=O) groups excluding carboxylic acids is 2. The molecule has 3 rings (SSSR count). The minimum absolute atomic E-state index is 0.140. The predicted molar refractivity (Wildman–Crippen MR) is 129 cm³/mol. The number of thioether (sulfide) groups is 1. The molecule has 2 aromatic carbocycles. The van der Waals surface area contributed by atoms with Gasteiger partial charge in [0, 0.05) is 9.61 Å². The smallest absolute Gasteiger partial charge is 0.293 e. The first kappa shape index (κ1) is 23.0. The molecule has 30 heavy (non-hydrogen) atoms. The molecule has 1 atom stereocenters. The summed E-state index contributed by atoms with van der Waals surface area (Å²) >= 11 is 9.64. The Labute approximate surface area is 198 Å². The van der Waals surface area contributed by atoms with E-state index in [9.17, 15) is 9.59 Å². The van der Waals surface area contributed by atoms with Crippen LogP contribution in [0.4, 0.5) is 4.79 Å². The fraction of sp³-hybridized carbons (Fsp3) is 0.273. The SMILES string of the molecule is CC[C@H](C)N1C(=O)S/C(=C/c2cc(Cl)c(OCc3ccc(I)cc3)c(OC)c2)C1=O. The van der Waals surface area contributed by atoms with Crippen LogP contribution in [0.2, 0.25) is 5.02 Å². The Bertz CT molecular complexity index is 993. The number of hydrogen-bond donors (Lipinski definition) is 0. The van der Waals surface area contributed by atoms with Crippen LogP contribution in [0.15, 0.2) is 41.3 Å². The van der Waals surface area contributed by atoms with Gasteiger partial charge in [-0.05, 0) is 89.2 Å². The second-order valence-electron chi connectivity index (χ2n) is 6.76. The fourth-order valence-corrected chi connectivity index (χ4v) is 4.46. The van der Waals surface area contributed by atoms with E-state index < -0.39 is 0 Å². The van der Waals surface area contributed by atoms with Crippen LogP contribution in [0.5, 0.6) is 11.5 Å². The first-order valence-electron chi connectivity index (χ1n) is 9.35. The summed E-state index contributed by atoms with van der Waals surface area (Å²) in [7, 11) is 1.53. The molecule has 1 aliphatic rings. The zero-order chi connectivity index (χ0) is 21.8. The molecular weight excluding hydrogens is 537 g/mol. The lowest BCUT2D eigenvalue weighted by Gasteiger charge is -2.19. The van der Waals surface area contributed by atoms with Crippen LogP contribution in [0.1, 0.15) is 31.4 Å². The number of imide groups is 1. The standard InChI is InChI=1S/C22H21ClINO4S/c1-4-13(2)25-21(26)19(30-22(25)27)11-15-9-17(23)20(18(10-15)28-3)29-12-14-5-7-16(24)8-6-14/h5-11,13H,4,12H2,1-3H3/b19-11+/t13-/m0/s1. The highest BCUT2D eigenvalue weighted by Crippen LogP contribution is 2.39. The van der Waals surface area contributed by atoms with Crippen molar-refractivity contribution in [3.8, 4) is 11.5 Å².